The standard InChI is InChI=1S/C22H21N5O2.ClH/c1-3-26(17-12-8-5-9-13-17)19(28)15-27-18-14-23-20(16-10-6-4-7-11-16)24-21(18)25(2)22(27)29;/h4-14H,3,15H2,1-2H3;1H. The van der Waals surface area contributed by atoms with Gasteiger partial charge >= 0.3 is 5.69 Å². The molecule has 4 rings (SSSR count). The molecule has 154 valence electrons. The molecule has 0 radical (unpaired) electrons. The number of likely N-dealkylation sites (N-methyl/N-ethyl adjacent to an activating group) is 1. The topological polar surface area (TPSA) is 73.0 Å². The minimum Gasteiger partial charge on any atom is -0.311 e. The van der Waals surface area contributed by atoms with Crippen LogP contribution in [0.25, 0.3) is 22.6 Å². The van der Waals surface area contributed by atoms with Gasteiger partial charge in [-0.25, -0.2) is 14.8 Å². The summed E-state index contributed by atoms with van der Waals surface area (Å²) >= 11 is 0. The second-order valence-corrected chi connectivity index (χ2v) is 6.67. The molecule has 30 heavy (non-hydrogen) atoms. The molecule has 0 aliphatic carbocycles. The van der Waals surface area contributed by atoms with Crippen molar-refractivity contribution in [1.82, 2.24) is 19.1 Å². The molecule has 1 amide bonds. The molecule has 2 aromatic carbocycles. The second-order valence-electron chi connectivity index (χ2n) is 6.67. The number of aromatic nitrogens is 4. The number of rotatable bonds is 5. The minimum absolute atomic E-state index is 0. The average Bonchev–Trinajstić information content (AvgIpc) is 3.00. The fourth-order valence-electron chi connectivity index (χ4n) is 3.39. The van der Waals surface area contributed by atoms with Gasteiger partial charge in [0.05, 0.1) is 6.20 Å². The molecule has 0 unspecified atom stereocenters. The molecule has 2 aromatic heterocycles. The van der Waals surface area contributed by atoms with E-state index in [1.165, 1.54) is 9.13 Å². The molecular formula is C22H22ClN5O2. The second kappa shape index (κ2) is 8.92. The van der Waals surface area contributed by atoms with E-state index in [1.54, 1.807) is 18.1 Å². The number of nitrogens with zero attached hydrogens (tertiary/aromatic N) is 5. The van der Waals surface area contributed by atoms with Crippen LogP contribution in [-0.4, -0.2) is 31.6 Å². The molecule has 0 aliphatic rings. The van der Waals surface area contributed by atoms with Gasteiger partial charge in [-0.1, -0.05) is 48.5 Å². The van der Waals surface area contributed by atoms with Crippen LogP contribution in [-0.2, 0) is 18.4 Å². The average molecular weight is 424 g/mol. The summed E-state index contributed by atoms with van der Waals surface area (Å²) in [7, 11) is 1.65. The minimum atomic E-state index is -0.294. The summed E-state index contributed by atoms with van der Waals surface area (Å²) in [6.07, 6.45) is 1.61. The van der Waals surface area contributed by atoms with Gasteiger partial charge in [-0.15, -0.1) is 12.4 Å². The number of fused-ring (bicyclic) bond motifs is 1. The maximum Gasteiger partial charge on any atom is 0.330 e. The maximum atomic E-state index is 13.0. The van der Waals surface area contributed by atoms with Crippen molar-refractivity contribution in [2.45, 2.75) is 13.5 Å². The first kappa shape index (κ1) is 21.3. The van der Waals surface area contributed by atoms with Crippen LogP contribution in [0, 0.1) is 0 Å². The van der Waals surface area contributed by atoms with Crippen molar-refractivity contribution in [2.24, 2.45) is 7.05 Å². The quantitative estimate of drug-likeness (QED) is 0.494. The summed E-state index contributed by atoms with van der Waals surface area (Å²) in [5, 5.41) is 0. The Morgan fingerprint density at radius 3 is 2.30 bits per heavy atom. The predicted octanol–water partition coefficient (Wildman–Crippen LogP) is 3.27. The highest BCUT2D eigenvalue weighted by Crippen LogP contribution is 2.18. The first-order valence-electron chi connectivity index (χ1n) is 9.43. The summed E-state index contributed by atoms with van der Waals surface area (Å²) in [6.45, 7) is 2.34. The van der Waals surface area contributed by atoms with E-state index in [1.807, 2.05) is 67.6 Å². The van der Waals surface area contributed by atoms with E-state index >= 15 is 0 Å². The number of hydrogen-bond acceptors (Lipinski definition) is 4. The Morgan fingerprint density at radius 1 is 1.03 bits per heavy atom. The highest BCUT2D eigenvalue weighted by molar-refractivity contribution is 5.93. The van der Waals surface area contributed by atoms with Crippen LogP contribution in [0.1, 0.15) is 6.92 Å². The molecule has 2 heterocycles. The lowest BCUT2D eigenvalue weighted by Crippen LogP contribution is -2.36. The summed E-state index contributed by atoms with van der Waals surface area (Å²) in [5.41, 5.74) is 2.41. The van der Waals surface area contributed by atoms with Crippen LogP contribution in [0.15, 0.2) is 71.7 Å². The first-order valence-corrected chi connectivity index (χ1v) is 9.43. The molecule has 0 saturated heterocycles. The highest BCUT2D eigenvalue weighted by Gasteiger charge is 2.20. The third-order valence-corrected chi connectivity index (χ3v) is 4.89. The van der Waals surface area contributed by atoms with E-state index in [9.17, 15) is 9.59 Å². The summed E-state index contributed by atoms with van der Waals surface area (Å²) in [4.78, 5) is 36.4. The fourth-order valence-corrected chi connectivity index (χ4v) is 3.39. The van der Waals surface area contributed by atoms with Crippen molar-refractivity contribution < 1.29 is 4.79 Å². The Bertz CT molecular complexity index is 1220. The molecule has 0 bridgehead atoms. The molecule has 4 aromatic rings. The van der Waals surface area contributed by atoms with Gasteiger partial charge in [0, 0.05) is 24.8 Å². The Kier molecular flexibility index (Phi) is 6.32. The number of hydrogen-bond donors (Lipinski definition) is 0. The number of anilines is 1. The lowest BCUT2D eigenvalue weighted by atomic mass is 10.2. The van der Waals surface area contributed by atoms with Crippen molar-refractivity contribution in [3.63, 3.8) is 0 Å². The fraction of sp³-hybridized carbons (Fsp3) is 0.182. The van der Waals surface area contributed by atoms with E-state index in [4.69, 9.17) is 0 Å². The van der Waals surface area contributed by atoms with E-state index in [2.05, 4.69) is 9.97 Å². The first-order chi connectivity index (χ1) is 14.1. The SMILES string of the molecule is CCN(C(=O)Cn1c(=O)n(C)c2nc(-c3ccccc3)ncc21)c1ccccc1.Cl. The van der Waals surface area contributed by atoms with Crippen LogP contribution in [0.2, 0.25) is 0 Å². The monoisotopic (exact) mass is 423 g/mol. The lowest BCUT2D eigenvalue weighted by Gasteiger charge is -2.21. The third kappa shape index (κ3) is 3.84. The molecule has 0 saturated carbocycles. The van der Waals surface area contributed by atoms with Gasteiger partial charge in [-0.05, 0) is 19.1 Å². The third-order valence-electron chi connectivity index (χ3n) is 4.89. The number of para-hydroxylation sites is 1. The molecule has 0 N–H and O–H groups in total. The van der Waals surface area contributed by atoms with E-state index in [-0.39, 0.29) is 30.5 Å². The molecule has 0 spiro atoms. The number of amides is 1. The molecule has 0 atom stereocenters. The van der Waals surface area contributed by atoms with E-state index in [0.717, 1.165) is 11.3 Å². The van der Waals surface area contributed by atoms with E-state index in [0.29, 0.717) is 23.5 Å². The maximum absolute atomic E-state index is 13.0. The van der Waals surface area contributed by atoms with Crippen molar-refractivity contribution in [3.05, 3.63) is 77.3 Å². The number of carbonyl (C=O) groups is 1. The molecule has 0 fully saturated rings. The van der Waals surface area contributed by atoms with Crippen molar-refractivity contribution in [2.75, 3.05) is 11.4 Å². The number of halogens is 1. The van der Waals surface area contributed by atoms with Crippen LogP contribution >= 0.6 is 12.4 Å². The van der Waals surface area contributed by atoms with Gasteiger partial charge in [-0.3, -0.25) is 13.9 Å². The summed E-state index contributed by atoms with van der Waals surface area (Å²) in [6, 6.07) is 19.0. The van der Waals surface area contributed by atoms with Crippen molar-refractivity contribution in [1.29, 1.82) is 0 Å². The zero-order valence-electron chi connectivity index (χ0n) is 16.7. The molecule has 7 nitrogen and oxygen atoms in total. The van der Waals surface area contributed by atoms with Gasteiger partial charge in [0.2, 0.25) is 5.91 Å². The summed E-state index contributed by atoms with van der Waals surface area (Å²) in [5.74, 6) is 0.372. The number of imidazole rings is 1. The van der Waals surface area contributed by atoms with Crippen LogP contribution < -0.4 is 10.6 Å². The smallest absolute Gasteiger partial charge is 0.311 e. The Morgan fingerprint density at radius 2 is 1.67 bits per heavy atom. The number of aryl methyl sites for hydroxylation is 1. The van der Waals surface area contributed by atoms with Crippen LogP contribution in [0.3, 0.4) is 0 Å². The largest absolute Gasteiger partial charge is 0.330 e. The molecule has 8 heteroatoms. The lowest BCUT2D eigenvalue weighted by molar-refractivity contribution is -0.119. The Labute approximate surface area is 180 Å². The van der Waals surface area contributed by atoms with Gasteiger partial charge in [0.1, 0.15) is 12.1 Å². The van der Waals surface area contributed by atoms with Crippen LogP contribution in [0.5, 0.6) is 0 Å². The zero-order valence-corrected chi connectivity index (χ0v) is 17.5. The van der Waals surface area contributed by atoms with Crippen molar-refractivity contribution >= 4 is 35.2 Å². The van der Waals surface area contributed by atoms with Gasteiger partial charge in [0.25, 0.3) is 0 Å². The Balaban J connectivity index is 0.00000256. The normalized spacial score (nSPS) is 10.6. The summed E-state index contributed by atoms with van der Waals surface area (Å²) < 4.78 is 2.88. The zero-order chi connectivity index (χ0) is 20.4. The van der Waals surface area contributed by atoms with Gasteiger partial charge < -0.3 is 4.90 Å². The Hall–Kier alpha value is -3.45. The number of benzene rings is 2. The van der Waals surface area contributed by atoms with E-state index < -0.39 is 0 Å². The predicted molar refractivity (Wildman–Crippen MR) is 120 cm³/mol. The molecule has 0 aliphatic heterocycles. The van der Waals surface area contributed by atoms with Crippen molar-refractivity contribution in [3.8, 4) is 11.4 Å². The number of carbonyl (C=O) groups excluding carboxylic acids is 1. The van der Waals surface area contributed by atoms with Crippen LogP contribution in [0.4, 0.5) is 5.69 Å². The van der Waals surface area contributed by atoms with Gasteiger partial charge in [0.15, 0.2) is 11.5 Å². The van der Waals surface area contributed by atoms with Gasteiger partial charge in [-0.2, -0.15) is 0 Å². The highest BCUT2D eigenvalue weighted by atomic mass is 35.5. The molecular weight excluding hydrogens is 402 g/mol.